The summed E-state index contributed by atoms with van der Waals surface area (Å²) in [5.74, 6) is 0. The number of hydrogen-bond donors (Lipinski definition) is 2. The van der Waals surface area contributed by atoms with E-state index in [1.165, 1.54) is 43.4 Å². The third kappa shape index (κ3) is 3.33. The van der Waals surface area contributed by atoms with Crippen LogP contribution in [0.5, 0.6) is 0 Å². The van der Waals surface area contributed by atoms with E-state index in [0.717, 1.165) is 19.4 Å². The van der Waals surface area contributed by atoms with Crippen molar-refractivity contribution in [2.45, 2.75) is 51.0 Å². The highest BCUT2D eigenvalue weighted by molar-refractivity contribution is 5.24. The van der Waals surface area contributed by atoms with E-state index in [-0.39, 0.29) is 0 Å². The van der Waals surface area contributed by atoms with Crippen LogP contribution in [0, 0.1) is 0 Å². The van der Waals surface area contributed by atoms with Gasteiger partial charge in [-0.2, -0.15) is 5.10 Å². The minimum atomic E-state index is 0.328. The van der Waals surface area contributed by atoms with Gasteiger partial charge in [0.15, 0.2) is 0 Å². The van der Waals surface area contributed by atoms with E-state index in [0.29, 0.717) is 12.6 Å². The Bertz CT molecular complexity index is 362. The van der Waals surface area contributed by atoms with Gasteiger partial charge in [0, 0.05) is 31.0 Å². The molecule has 1 aliphatic rings. The van der Waals surface area contributed by atoms with Gasteiger partial charge in [-0.15, -0.1) is 0 Å². The molecule has 102 valence electrons. The number of aliphatic hydroxyl groups excluding tert-OH is 1. The van der Waals surface area contributed by atoms with Crippen molar-refractivity contribution in [1.29, 1.82) is 0 Å². The van der Waals surface area contributed by atoms with Crippen molar-refractivity contribution in [3.8, 4) is 0 Å². The summed E-state index contributed by atoms with van der Waals surface area (Å²) < 4.78 is 2.02. The first-order chi connectivity index (χ1) is 8.83. The number of aliphatic hydroxyl groups is 1. The Morgan fingerprint density at radius 1 is 1.39 bits per heavy atom. The molecule has 1 unspecified atom stereocenters. The lowest BCUT2D eigenvalue weighted by molar-refractivity contribution is 0.282. The zero-order chi connectivity index (χ0) is 12.8. The van der Waals surface area contributed by atoms with Crippen LogP contribution in [0.3, 0.4) is 0 Å². The van der Waals surface area contributed by atoms with Crippen LogP contribution in [-0.2, 0) is 13.5 Å². The molecule has 0 radical (unpaired) electrons. The largest absolute Gasteiger partial charge is 0.396 e. The molecule has 1 aromatic heterocycles. The lowest BCUT2D eigenvalue weighted by Gasteiger charge is -2.23. The molecule has 1 aliphatic carbocycles. The summed E-state index contributed by atoms with van der Waals surface area (Å²) >= 11 is 0. The topological polar surface area (TPSA) is 50.1 Å². The van der Waals surface area contributed by atoms with Crippen molar-refractivity contribution >= 4 is 0 Å². The predicted molar refractivity (Wildman–Crippen MR) is 72.4 cm³/mol. The fraction of sp³-hybridized carbons (Fsp3) is 0.786. The average Bonchev–Trinajstić information content (AvgIpc) is 2.77. The first-order valence-corrected chi connectivity index (χ1v) is 7.18. The van der Waals surface area contributed by atoms with Crippen LogP contribution < -0.4 is 5.32 Å². The van der Waals surface area contributed by atoms with E-state index in [9.17, 15) is 0 Å². The van der Waals surface area contributed by atoms with Gasteiger partial charge in [-0.05, 0) is 38.6 Å². The zero-order valence-electron chi connectivity index (χ0n) is 11.4. The Hall–Kier alpha value is -0.870. The van der Waals surface area contributed by atoms with Crippen LogP contribution in [0.2, 0.25) is 0 Å². The summed E-state index contributed by atoms with van der Waals surface area (Å²) in [4.78, 5) is 0. The van der Waals surface area contributed by atoms with Crippen LogP contribution in [0.4, 0.5) is 0 Å². The molecule has 1 heterocycles. The quantitative estimate of drug-likeness (QED) is 0.728. The lowest BCUT2D eigenvalue weighted by atomic mass is 9.93. The van der Waals surface area contributed by atoms with Gasteiger partial charge in [0.05, 0.1) is 6.20 Å². The Balaban J connectivity index is 1.74. The second-order valence-electron chi connectivity index (χ2n) is 5.21. The highest BCUT2D eigenvalue weighted by Gasteiger charge is 2.22. The molecular weight excluding hydrogens is 226 g/mol. The van der Waals surface area contributed by atoms with Gasteiger partial charge in [0.1, 0.15) is 0 Å². The molecule has 0 spiro atoms. The van der Waals surface area contributed by atoms with Crippen LogP contribution in [0.1, 0.15) is 55.8 Å². The number of rotatable bonds is 7. The molecule has 0 saturated carbocycles. The molecule has 0 bridgehead atoms. The van der Waals surface area contributed by atoms with Crippen molar-refractivity contribution in [1.82, 2.24) is 15.1 Å². The molecule has 2 rings (SSSR count). The molecule has 0 saturated heterocycles. The van der Waals surface area contributed by atoms with Crippen LogP contribution >= 0.6 is 0 Å². The maximum absolute atomic E-state index is 8.71. The summed E-state index contributed by atoms with van der Waals surface area (Å²) in [6.07, 6.45) is 10.2. The number of unbranched alkanes of at least 4 members (excludes halogenated alkanes) is 3. The van der Waals surface area contributed by atoms with Crippen molar-refractivity contribution in [2.24, 2.45) is 7.05 Å². The van der Waals surface area contributed by atoms with Crippen LogP contribution in [-0.4, -0.2) is 28.0 Å². The number of aromatic nitrogens is 2. The van der Waals surface area contributed by atoms with Crippen molar-refractivity contribution in [3.05, 3.63) is 17.5 Å². The monoisotopic (exact) mass is 251 g/mol. The Labute approximate surface area is 109 Å². The number of nitrogens with one attached hydrogen (secondary N) is 1. The van der Waals surface area contributed by atoms with Crippen molar-refractivity contribution < 1.29 is 5.11 Å². The van der Waals surface area contributed by atoms with Crippen molar-refractivity contribution in [2.75, 3.05) is 13.2 Å². The summed E-state index contributed by atoms with van der Waals surface area (Å²) in [7, 11) is 2.04. The molecule has 1 aromatic rings. The van der Waals surface area contributed by atoms with E-state index in [1.807, 2.05) is 17.9 Å². The fourth-order valence-corrected chi connectivity index (χ4v) is 2.78. The molecule has 2 N–H and O–H groups in total. The molecule has 0 amide bonds. The molecule has 4 nitrogen and oxygen atoms in total. The molecule has 0 fully saturated rings. The zero-order valence-corrected chi connectivity index (χ0v) is 11.4. The van der Waals surface area contributed by atoms with Crippen LogP contribution in [0.25, 0.3) is 0 Å². The Morgan fingerprint density at radius 3 is 3.06 bits per heavy atom. The molecule has 0 aliphatic heterocycles. The molecule has 18 heavy (non-hydrogen) atoms. The fourth-order valence-electron chi connectivity index (χ4n) is 2.78. The third-order valence-electron chi connectivity index (χ3n) is 3.85. The minimum absolute atomic E-state index is 0.328. The summed E-state index contributed by atoms with van der Waals surface area (Å²) in [5.41, 5.74) is 2.80. The average molecular weight is 251 g/mol. The molecule has 0 aromatic carbocycles. The van der Waals surface area contributed by atoms with E-state index in [2.05, 4.69) is 10.4 Å². The van der Waals surface area contributed by atoms with E-state index >= 15 is 0 Å². The smallest absolute Gasteiger partial charge is 0.0540 e. The van der Waals surface area contributed by atoms with E-state index in [1.54, 1.807) is 0 Å². The second-order valence-corrected chi connectivity index (χ2v) is 5.21. The Kier molecular flexibility index (Phi) is 5.20. The number of aryl methyl sites for hydroxylation is 1. The van der Waals surface area contributed by atoms with Gasteiger partial charge in [-0.1, -0.05) is 12.8 Å². The van der Waals surface area contributed by atoms with Gasteiger partial charge < -0.3 is 10.4 Å². The number of hydrogen-bond acceptors (Lipinski definition) is 3. The minimum Gasteiger partial charge on any atom is -0.396 e. The van der Waals surface area contributed by atoms with E-state index in [4.69, 9.17) is 5.11 Å². The molecule has 1 atom stereocenters. The predicted octanol–water partition coefficient (Wildman–Crippen LogP) is 1.94. The summed E-state index contributed by atoms with van der Waals surface area (Å²) in [6.45, 7) is 1.40. The highest BCUT2D eigenvalue weighted by atomic mass is 16.2. The van der Waals surface area contributed by atoms with Gasteiger partial charge >= 0.3 is 0 Å². The highest BCUT2D eigenvalue weighted by Crippen LogP contribution is 2.28. The maximum Gasteiger partial charge on any atom is 0.0540 e. The van der Waals surface area contributed by atoms with Gasteiger partial charge in [-0.25, -0.2) is 0 Å². The van der Waals surface area contributed by atoms with Crippen LogP contribution in [0.15, 0.2) is 6.20 Å². The molecular formula is C14H25N3O. The third-order valence-corrected chi connectivity index (χ3v) is 3.85. The number of nitrogens with zero attached hydrogens (tertiary/aromatic N) is 2. The first-order valence-electron chi connectivity index (χ1n) is 7.18. The lowest BCUT2D eigenvalue weighted by Crippen LogP contribution is -2.26. The summed E-state index contributed by atoms with van der Waals surface area (Å²) in [5, 5.41) is 16.7. The van der Waals surface area contributed by atoms with Crippen molar-refractivity contribution in [3.63, 3.8) is 0 Å². The first kappa shape index (κ1) is 13.6. The van der Waals surface area contributed by atoms with E-state index < -0.39 is 0 Å². The standard InChI is InChI=1S/C14H25N3O/c1-17-14-8-6-7-13(12(14)11-16-17)15-9-4-2-3-5-10-18/h11,13,15,18H,2-10H2,1H3. The summed E-state index contributed by atoms with van der Waals surface area (Å²) in [6, 6.07) is 0.500. The molecule has 4 heteroatoms. The van der Waals surface area contributed by atoms with Gasteiger partial charge in [-0.3, -0.25) is 4.68 Å². The SMILES string of the molecule is Cn1ncc2c1CCCC2NCCCCCCO. The second kappa shape index (κ2) is 6.90. The maximum atomic E-state index is 8.71. The van der Waals surface area contributed by atoms with Gasteiger partial charge in [0.2, 0.25) is 0 Å². The van der Waals surface area contributed by atoms with Gasteiger partial charge in [0.25, 0.3) is 0 Å². The normalized spacial score (nSPS) is 18.9. The number of fused-ring (bicyclic) bond motifs is 1. The Morgan fingerprint density at radius 2 is 2.22 bits per heavy atom.